The summed E-state index contributed by atoms with van der Waals surface area (Å²) in [7, 11) is 0. The number of para-hydroxylation sites is 1. The minimum absolute atomic E-state index is 0.0267. The molecule has 7 heteroatoms. The van der Waals surface area contributed by atoms with Gasteiger partial charge >= 0.3 is 0 Å². The molecule has 1 saturated heterocycles. The Morgan fingerprint density at radius 3 is 2.97 bits per heavy atom. The fourth-order valence-corrected chi connectivity index (χ4v) is 4.39. The maximum atomic E-state index is 14.0. The van der Waals surface area contributed by atoms with Gasteiger partial charge in [-0.25, -0.2) is 9.37 Å². The van der Waals surface area contributed by atoms with E-state index in [-0.39, 0.29) is 17.6 Å². The number of piperidine rings is 1. The number of hydrogen-bond acceptors (Lipinski definition) is 3. The van der Waals surface area contributed by atoms with Gasteiger partial charge in [-0.3, -0.25) is 4.79 Å². The lowest BCUT2D eigenvalue weighted by Gasteiger charge is -2.31. The highest BCUT2D eigenvalue weighted by molar-refractivity contribution is 6.31. The van der Waals surface area contributed by atoms with Crippen LogP contribution in [0, 0.1) is 5.82 Å². The van der Waals surface area contributed by atoms with Crippen LogP contribution in [0.25, 0.3) is 10.9 Å². The van der Waals surface area contributed by atoms with Gasteiger partial charge in [0.05, 0.1) is 17.6 Å². The third-order valence-electron chi connectivity index (χ3n) is 5.79. The smallest absolute Gasteiger partial charge is 0.270 e. The molecule has 1 aliphatic rings. The first-order valence-electron chi connectivity index (χ1n) is 10.3. The van der Waals surface area contributed by atoms with Crippen molar-refractivity contribution in [1.29, 1.82) is 0 Å². The molecule has 5 rings (SSSR count). The third-order valence-corrected chi connectivity index (χ3v) is 6.16. The first-order chi connectivity index (χ1) is 15.1. The number of carbonyl (C=O) groups is 1. The lowest BCUT2D eigenvalue weighted by Crippen LogP contribution is -2.39. The number of oxazole rings is 1. The van der Waals surface area contributed by atoms with Crippen LogP contribution in [0.4, 0.5) is 4.39 Å². The van der Waals surface area contributed by atoms with E-state index in [1.54, 1.807) is 29.3 Å². The number of nitrogens with one attached hydrogen (secondary N) is 1. The van der Waals surface area contributed by atoms with Gasteiger partial charge in [0.2, 0.25) is 0 Å². The van der Waals surface area contributed by atoms with Crippen LogP contribution in [0.1, 0.15) is 46.5 Å². The number of nitrogens with zero attached hydrogens (tertiary/aromatic N) is 2. The number of fused-ring (bicyclic) bond motifs is 1. The van der Waals surface area contributed by atoms with Crippen molar-refractivity contribution in [3.05, 3.63) is 88.5 Å². The molecule has 0 aliphatic carbocycles. The molecule has 3 heterocycles. The van der Waals surface area contributed by atoms with E-state index in [4.69, 9.17) is 16.0 Å². The van der Waals surface area contributed by atoms with Gasteiger partial charge in [-0.05, 0) is 36.6 Å². The summed E-state index contributed by atoms with van der Waals surface area (Å²) < 4.78 is 20.0. The van der Waals surface area contributed by atoms with E-state index in [1.807, 2.05) is 24.3 Å². The molecule has 5 nitrogen and oxygen atoms in total. The first-order valence-corrected chi connectivity index (χ1v) is 10.7. The molecule has 0 saturated carbocycles. The van der Waals surface area contributed by atoms with Crippen molar-refractivity contribution in [3.8, 4) is 0 Å². The normalized spacial score (nSPS) is 16.7. The average molecular weight is 438 g/mol. The van der Waals surface area contributed by atoms with Crippen LogP contribution in [0.3, 0.4) is 0 Å². The maximum Gasteiger partial charge on any atom is 0.270 e. The highest BCUT2D eigenvalue weighted by atomic mass is 35.5. The van der Waals surface area contributed by atoms with Gasteiger partial charge in [-0.2, -0.15) is 0 Å². The van der Waals surface area contributed by atoms with Gasteiger partial charge in [0.1, 0.15) is 17.3 Å². The fourth-order valence-electron chi connectivity index (χ4n) is 4.19. The molecule has 0 radical (unpaired) electrons. The Morgan fingerprint density at radius 2 is 2.13 bits per heavy atom. The summed E-state index contributed by atoms with van der Waals surface area (Å²) in [5.41, 5.74) is 1.74. The summed E-state index contributed by atoms with van der Waals surface area (Å²) in [5.74, 6) is 0.917. The third kappa shape index (κ3) is 3.95. The van der Waals surface area contributed by atoms with Gasteiger partial charge < -0.3 is 14.3 Å². The minimum Gasteiger partial charge on any atom is -0.445 e. The lowest BCUT2D eigenvalue weighted by molar-refractivity contribution is 0.0693. The second kappa shape index (κ2) is 8.19. The largest absolute Gasteiger partial charge is 0.445 e. The van der Waals surface area contributed by atoms with Crippen LogP contribution in [-0.2, 0) is 6.42 Å². The molecule has 1 unspecified atom stereocenters. The Balaban J connectivity index is 1.31. The average Bonchev–Trinajstić information content (AvgIpc) is 3.43. The van der Waals surface area contributed by atoms with Crippen molar-refractivity contribution in [2.75, 3.05) is 13.1 Å². The van der Waals surface area contributed by atoms with E-state index < -0.39 is 0 Å². The van der Waals surface area contributed by atoms with Gasteiger partial charge in [-0.15, -0.1) is 0 Å². The second-order valence-electron chi connectivity index (χ2n) is 7.91. The number of benzene rings is 2. The number of halogens is 2. The summed E-state index contributed by atoms with van der Waals surface area (Å²) in [4.78, 5) is 22.2. The number of rotatable bonds is 4. The molecule has 1 amide bonds. The molecule has 4 aromatic rings. The van der Waals surface area contributed by atoms with Gasteiger partial charge in [0.25, 0.3) is 5.91 Å². The maximum absolute atomic E-state index is 14.0. The summed E-state index contributed by atoms with van der Waals surface area (Å²) in [5, 5.41) is 1.39. The van der Waals surface area contributed by atoms with E-state index in [2.05, 4.69) is 9.97 Å². The second-order valence-corrected chi connectivity index (χ2v) is 8.32. The summed E-state index contributed by atoms with van der Waals surface area (Å²) in [6.07, 6.45) is 4.06. The summed E-state index contributed by atoms with van der Waals surface area (Å²) in [6, 6.07) is 14.2. The Bertz CT molecular complexity index is 1250. The fraction of sp³-hybridized carbons (Fsp3) is 0.250. The Kier molecular flexibility index (Phi) is 5.24. The zero-order valence-corrected chi connectivity index (χ0v) is 17.5. The predicted octanol–water partition coefficient (Wildman–Crippen LogP) is 5.56. The van der Waals surface area contributed by atoms with Crippen LogP contribution in [0.2, 0.25) is 5.02 Å². The van der Waals surface area contributed by atoms with Crippen LogP contribution in [-0.4, -0.2) is 33.9 Å². The zero-order chi connectivity index (χ0) is 21.4. The Morgan fingerprint density at radius 1 is 1.26 bits per heavy atom. The van der Waals surface area contributed by atoms with Crippen molar-refractivity contribution < 1.29 is 13.6 Å². The molecule has 1 fully saturated rings. The van der Waals surface area contributed by atoms with Crippen molar-refractivity contribution in [1.82, 2.24) is 14.9 Å². The summed E-state index contributed by atoms with van der Waals surface area (Å²) in [6.45, 7) is 1.17. The van der Waals surface area contributed by atoms with Gasteiger partial charge in [0.15, 0.2) is 5.89 Å². The van der Waals surface area contributed by atoms with Crippen molar-refractivity contribution in [3.63, 3.8) is 0 Å². The molecule has 1 atom stereocenters. The van der Waals surface area contributed by atoms with E-state index in [1.165, 1.54) is 6.07 Å². The Labute approximate surface area is 183 Å². The lowest BCUT2D eigenvalue weighted by atomic mass is 9.97. The van der Waals surface area contributed by atoms with Crippen LogP contribution >= 0.6 is 11.6 Å². The molecule has 0 spiro atoms. The molecule has 0 bridgehead atoms. The molecular formula is C24H21ClFN3O2. The van der Waals surface area contributed by atoms with Crippen molar-refractivity contribution >= 4 is 28.4 Å². The van der Waals surface area contributed by atoms with E-state index in [9.17, 15) is 9.18 Å². The number of aromatic amines is 1. The number of hydrogen-bond donors (Lipinski definition) is 1. The molecular weight excluding hydrogens is 417 g/mol. The van der Waals surface area contributed by atoms with Crippen molar-refractivity contribution in [2.24, 2.45) is 0 Å². The predicted molar refractivity (Wildman–Crippen MR) is 117 cm³/mol. The first kappa shape index (κ1) is 19.8. The number of amides is 1. The highest BCUT2D eigenvalue weighted by Gasteiger charge is 2.29. The van der Waals surface area contributed by atoms with E-state index in [0.717, 1.165) is 24.2 Å². The molecule has 158 valence electrons. The van der Waals surface area contributed by atoms with Gasteiger partial charge in [0, 0.05) is 29.9 Å². The standard InChI is InChI=1S/C24H21ClFN3O2/c25-19-8-2-1-5-15(19)11-18-13-27-23(31-18)17-7-4-10-29(14-17)24(30)21-12-16-6-3-9-20(26)22(16)28-21/h1-3,5-6,8-9,12-13,17,28H,4,7,10-11,14H2. The quantitative estimate of drug-likeness (QED) is 0.454. The summed E-state index contributed by atoms with van der Waals surface area (Å²) >= 11 is 6.25. The van der Waals surface area contributed by atoms with E-state index in [0.29, 0.717) is 47.0 Å². The zero-order valence-electron chi connectivity index (χ0n) is 16.8. The topological polar surface area (TPSA) is 62.1 Å². The number of carbonyl (C=O) groups excluding carboxylic acids is 1. The molecule has 1 N–H and O–H groups in total. The molecule has 31 heavy (non-hydrogen) atoms. The van der Waals surface area contributed by atoms with Crippen LogP contribution in [0.15, 0.2) is 59.1 Å². The van der Waals surface area contributed by atoms with Gasteiger partial charge in [-0.1, -0.05) is 41.9 Å². The highest BCUT2D eigenvalue weighted by Crippen LogP contribution is 2.29. The Hall–Kier alpha value is -3.12. The number of H-pyrrole nitrogens is 1. The van der Waals surface area contributed by atoms with E-state index >= 15 is 0 Å². The molecule has 2 aromatic heterocycles. The minimum atomic E-state index is -0.362. The molecule has 1 aliphatic heterocycles. The monoisotopic (exact) mass is 437 g/mol. The number of aromatic nitrogens is 2. The number of likely N-dealkylation sites (tertiary alicyclic amines) is 1. The van der Waals surface area contributed by atoms with Crippen molar-refractivity contribution in [2.45, 2.75) is 25.2 Å². The molecule has 2 aromatic carbocycles. The van der Waals surface area contributed by atoms with Crippen LogP contribution in [0.5, 0.6) is 0 Å². The SMILES string of the molecule is O=C(c1cc2cccc(F)c2[nH]1)N1CCCC(c2ncc(Cc3ccccc3Cl)o2)C1. The van der Waals surface area contributed by atoms with Crippen LogP contribution < -0.4 is 0 Å².